The van der Waals surface area contributed by atoms with Crippen molar-refractivity contribution in [3.8, 4) is 5.75 Å². The van der Waals surface area contributed by atoms with Gasteiger partial charge in [0, 0.05) is 6.07 Å². The summed E-state index contributed by atoms with van der Waals surface area (Å²) >= 11 is 0. The number of phenolic OH excluding ortho intramolecular Hbond substituents is 1. The van der Waals surface area contributed by atoms with Crippen LogP contribution in [0.1, 0.15) is 53.5 Å². The molecule has 1 aliphatic heterocycles. The predicted molar refractivity (Wildman–Crippen MR) is 99.5 cm³/mol. The molecule has 0 spiro atoms. The van der Waals surface area contributed by atoms with Crippen LogP contribution in [0.4, 0.5) is 10.5 Å². The average molecular weight is 377 g/mol. The Morgan fingerprint density at radius 3 is 2.22 bits per heavy atom. The minimum absolute atomic E-state index is 0.0918. The van der Waals surface area contributed by atoms with Gasteiger partial charge in [0.25, 0.3) is 5.91 Å². The van der Waals surface area contributed by atoms with E-state index in [1.807, 2.05) is 0 Å². The van der Waals surface area contributed by atoms with Crippen LogP contribution >= 0.6 is 0 Å². The summed E-state index contributed by atoms with van der Waals surface area (Å²) in [6.07, 6.45) is -0.315. The van der Waals surface area contributed by atoms with Gasteiger partial charge < -0.3 is 14.6 Å². The molecule has 1 aromatic carbocycles. The number of amides is 2. The second-order valence-corrected chi connectivity index (χ2v) is 8.59. The molecule has 0 radical (unpaired) electrons. The Kier molecular flexibility index (Phi) is 5.54. The molecule has 1 aromatic rings. The lowest BCUT2D eigenvalue weighted by molar-refractivity contribution is -0.162. The number of hydrogen-bond acceptors (Lipinski definition) is 6. The molecular weight excluding hydrogens is 350 g/mol. The highest BCUT2D eigenvalue weighted by Crippen LogP contribution is 2.34. The fraction of sp³-hybridized carbons (Fsp3) is 0.550. The molecule has 0 aliphatic carbocycles. The Balaban J connectivity index is 2.46. The Hall–Kier alpha value is -2.57. The molecule has 2 amide bonds. The van der Waals surface area contributed by atoms with E-state index in [0.29, 0.717) is 12.0 Å². The van der Waals surface area contributed by atoms with Crippen LogP contribution in [-0.2, 0) is 25.5 Å². The minimum Gasteiger partial charge on any atom is -0.508 e. The fourth-order valence-corrected chi connectivity index (χ4v) is 2.76. The largest absolute Gasteiger partial charge is 0.508 e. The van der Waals surface area contributed by atoms with Crippen LogP contribution in [0.5, 0.6) is 5.75 Å². The monoisotopic (exact) mass is 377 g/mol. The number of carbonyl (C=O) groups excluding carboxylic acids is 3. The van der Waals surface area contributed by atoms with Crippen LogP contribution in [0.15, 0.2) is 18.2 Å². The summed E-state index contributed by atoms with van der Waals surface area (Å²) < 4.78 is 10.7. The highest BCUT2D eigenvalue weighted by Gasteiger charge is 2.41. The molecule has 0 saturated carbocycles. The molecule has 1 atom stereocenters. The third kappa shape index (κ3) is 5.21. The minimum atomic E-state index is -1.13. The molecule has 27 heavy (non-hydrogen) atoms. The summed E-state index contributed by atoms with van der Waals surface area (Å²) in [5.74, 6) is -2.63. The lowest BCUT2D eigenvalue weighted by atomic mass is 10.00. The topological polar surface area (TPSA) is 93.1 Å². The van der Waals surface area contributed by atoms with Gasteiger partial charge in [0.1, 0.15) is 22.9 Å². The van der Waals surface area contributed by atoms with Crippen molar-refractivity contribution in [3.05, 3.63) is 23.8 Å². The van der Waals surface area contributed by atoms with Crippen LogP contribution in [-0.4, -0.2) is 34.3 Å². The van der Waals surface area contributed by atoms with Crippen molar-refractivity contribution < 1.29 is 29.0 Å². The van der Waals surface area contributed by atoms with E-state index in [1.54, 1.807) is 47.6 Å². The van der Waals surface area contributed by atoms with Crippen LogP contribution in [0.3, 0.4) is 0 Å². The maximum atomic E-state index is 13.1. The molecule has 1 heterocycles. The van der Waals surface area contributed by atoms with Gasteiger partial charge in [0.05, 0.1) is 5.69 Å². The molecule has 7 nitrogen and oxygen atoms in total. The number of ether oxygens (including phenoxy) is 2. The van der Waals surface area contributed by atoms with Crippen molar-refractivity contribution >= 4 is 23.7 Å². The Morgan fingerprint density at radius 1 is 1.07 bits per heavy atom. The number of hydrogen-bond donors (Lipinski definition) is 1. The lowest BCUT2D eigenvalue weighted by Gasteiger charge is -2.28. The van der Waals surface area contributed by atoms with Gasteiger partial charge in [-0.1, -0.05) is 6.07 Å². The second-order valence-electron chi connectivity index (χ2n) is 8.59. The first kappa shape index (κ1) is 20.7. The number of benzene rings is 1. The molecule has 0 unspecified atom stereocenters. The molecule has 0 bridgehead atoms. The first-order valence-corrected chi connectivity index (χ1v) is 8.90. The summed E-state index contributed by atoms with van der Waals surface area (Å²) in [6.45, 7) is 10.2. The van der Waals surface area contributed by atoms with Gasteiger partial charge in [0.2, 0.25) is 0 Å². The molecule has 1 N–H and O–H groups in total. The maximum absolute atomic E-state index is 13.1. The number of nitrogens with zero attached hydrogens (tertiary/aromatic N) is 1. The maximum Gasteiger partial charge on any atom is 0.421 e. The van der Waals surface area contributed by atoms with Crippen molar-refractivity contribution in [3.63, 3.8) is 0 Å². The van der Waals surface area contributed by atoms with E-state index in [-0.39, 0.29) is 17.9 Å². The standard InChI is InChI=1S/C20H27NO6/c1-19(2,3)26-17(24)14-10-8-12-7-9-13(22)11-15(12)21(16(14)23)18(25)27-20(4,5)6/h7,9,11,14,22H,8,10H2,1-6H3/t14-/m1/s1. The molecule has 0 aromatic heterocycles. The van der Waals surface area contributed by atoms with E-state index < -0.39 is 35.1 Å². The number of carbonyl (C=O) groups is 3. The Bertz CT molecular complexity index is 757. The van der Waals surface area contributed by atoms with Gasteiger partial charge in [0.15, 0.2) is 0 Å². The molecule has 0 saturated heterocycles. The Morgan fingerprint density at radius 2 is 1.67 bits per heavy atom. The summed E-state index contributed by atoms with van der Waals surface area (Å²) in [4.78, 5) is 39.3. The molecule has 7 heteroatoms. The van der Waals surface area contributed by atoms with E-state index in [4.69, 9.17) is 9.47 Å². The number of phenols is 1. The van der Waals surface area contributed by atoms with Crippen molar-refractivity contribution in [2.75, 3.05) is 4.90 Å². The number of fused-ring (bicyclic) bond motifs is 1. The lowest BCUT2D eigenvalue weighted by Crippen LogP contribution is -2.46. The van der Waals surface area contributed by atoms with Gasteiger partial charge >= 0.3 is 12.1 Å². The summed E-state index contributed by atoms with van der Waals surface area (Å²) in [5.41, 5.74) is -0.702. The zero-order valence-corrected chi connectivity index (χ0v) is 16.7. The Labute approximate surface area is 159 Å². The van der Waals surface area contributed by atoms with Gasteiger partial charge in [-0.05, 0) is 66.0 Å². The van der Waals surface area contributed by atoms with Gasteiger partial charge in [-0.3, -0.25) is 9.59 Å². The summed E-state index contributed by atoms with van der Waals surface area (Å²) in [7, 11) is 0. The number of rotatable bonds is 1. The van der Waals surface area contributed by atoms with Crippen LogP contribution in [0, 0.1) is 5.92 Å². The smallest absolute Gasteiger partial charge is 0.421 e. The molecule has 0 fully saturated rings. The number of esters is 1. The van der Waals surface area contributed by atoms with E-state index in [2.05, 4.69) is 0 Å². The SMILES string of the molecule is CC(C)(C)OC(=O)[C@@H]1CCc2ccc(O)cc2N(C(=O)OC(C)(C)C)C1=O. The molecule has 1 aliphatic rings. The van der Waals surface area contributed by atoms with Crippen molar-refractivity contribution in [1.29, 1.82) is 0 Å². The zero-order valence-electron chi connectivity index (χ0n) is 16.7. The van der Waals surface area contributed by atoms with Crippen LogP contribution in [0.25, 0.3) is 0 Å². The normalized spacial score (nSPS) is 17.8. The first-order valence-electron chi connectivity index (χ1n) is 8.90. The predicted octanol–water partition coefficient (Wildman–Crippen LogP) is 3.56. The zero-order chi connectivity index (χ0) is 20.6. The first-order chi connectivity index (χ1) is 12.3. The number of aryl methyl sites for hydroxylation is 1. The van der Waals surface area contributed by atoms with Crippen LogP contribution in [0.2, 0.25) is 0 Å². The highest BCUT2D eigenvalue weighted by molar-refractivity contribution is 6.18. The molecule has 148 valence electrons. The van der Waals surface area contributed by atoms with Crippen LogP contribution < -0.4 is 4.90 Å². The van der Waals surface area contributed by atoms with Gasteiger partial charge in [-0.2, -0.15) is 0 Å². The van der Waals surface area contributed by atoms with Crippen molar-refractivity contribution in [1.82, 2.24) is 0 Å². The van der Waals surface area contributed by atoms with Gasteiger partial charge in [-0.15, -0.1) is 0 Å². The van der Waals surface area contributed by atoms with Crippen molar-refractivity contribution in [2.45, 2.75) is 65.6 Å². The number of aromatic hydroxyl groups is 1. The quantitative estimate of drug-likeness (QED) is 0.594. The average Bonchev–Trinajstić information content (AvgIpc) is 2.59. The van der Waals surface area contributed by atoms with E-state index in [1.165, 1.54) is 12.1 Å². The third-order valence-corrected chi connectivity index (χ3v) is 3.80. The number of imide groups is 1. The number of anilines is 1. The van der Waals surface area contributed by atoms with Crippen molar-refractivity contribution in [2.24, 2.45) is 5.92 Å². The second kappa shape index (κ2) is 7.21. The van der Waals surface area contributed by atoms with E-state index >= 15 is 0 Å². The molecule has 2 rings (SSSR count). The fourth-order valence-electron chi connectivity index (χ4n) is 2.76. The molecular formula is C20H27NO6. The summed E-state index contributed by atoms with van der Waals surface area (Å²) in [5, 5.41) is 9.84. The van der Waals surface area contributed by atoms with Gasteiger partial charge in [-0.25, -0.2) is 9.69 Å². The highest BCUT2D eigenvalue weighted by atomic mass is 16.6. The van der Waals surface area contributed by atoms with E-state index in [0.717, 1.165) is 4.90 Å². The van der Waals surface area contributed by atoms with E-state index in [9.17, 15) is 19.5 Å². The summed E-state index contributed by atoms with van der Waals surface area (Å²) in [6, 6.07) is 4.44. The third-order valence-electron chi connectivity index (χ3n) is 3.80.